The maximum atomic E-state index is 5.32. The first-order chi connectivity index (χ1) is 9.33. The number of hydrogen-bond donors (Lipinski definition) is 1. The van der Waals surface area contributed by atoms with Crippen molar-refractivity contribution in [1.82, 2.24) is 15.3 Å². The molecule has 1 unspecified atom stereocenters. The highest BCUT2D eigenvalue weighted by molar-refractivity contribution is 5.21. The van der Waals surface area contributed by atoms with Crippen LogP contribution < -0.4 is 10.1 Å². The van der Waals surface area contributed by atoms with Gasteiger partial charge in [-0.2, -0.15) is 0 Å². The van der Waals surface area contributed by atoms with Crippen LogP contribution in [0.2, 0.25) is 0 Å². The number of unbranched alkanes of at least 4 members (excludes halogenated alkanes) is 3. The fourth-order valence-corrected chi connectivity index (χ4v) is 2.16. The smallest absolute Gasteiger partial charge is 0.236 e. The van der Waals surface area contributed by atoms with E-state index >= 15 is 0 Å². The molecule has 0 amide bonds. The standard InChI is InChI=1S/C15H27N3O/c1-4-6-7-8-9-13(16-10-5-2)14-15(19-3)18-12-11-17-14/h11-13,16H,4-10H2,1-3H3. The van der Waals surface area contributed by atoms with Crippen molar-refractivity contribution in [2.75, 3.05) is 13.7 Å². The molecule has 1 aromatic rings. The van der Waals surface area contributed by atoms with Crippen molar-refractivity contribution >= 4 is 0 Å². The van der Waals surface area contributed by atoms with Crippen molar-refractivity contribution in [3.8, 4) is 5.88 Å². The molecule has 0 aliphatic rings. The van der Waals surface area contributed by atoms with E-state index in [0.29, 0.717) is 5.88 Å². The molecule has 1 atom stereocenters. The monoisotopic (exact) mass is 265 g/mol. The number of nitrogens with zero attached hydrogens (tertiary/aromatic N) is 2. The number of nitrogens with one attached hydrogen (secondary N) is 1. The van der Waals surface area contributed by atoms with Gasteiger partial charge >= 0.3 is 0 Å². The first-order valence-corrected chi connectivity index (χ1v) is 7.41. The summed E-state index contributed by atoms with van der Waals surface area (Å²) in [5, 5.41) is 3.55. The molecule has 0 aliphatic heterocycles. The number of aromatic nitrogens is 2. The van der Waals surface area contributed by atoms with Gasteiger partial charge in [0.25, 0.3) is 0 Å². The molecule has 1 heterocycles. The largest absolute Gasteiger partial charge is 0.480 e. The summed E-state index contributed by atoms with van der Waals surface area (Å²) in [6.07, 6.45) is 10.7. The summed E-state index contributed by atoms with van der Waals surface area (Å²) in [7, 11) is 1.65. The van der Waals surface area contributed by atoms with Crippen LogP contribution in [-0.2, 0) is 0 Å². The van der Waals surface area contributed by atoms with Crippen molar-refractivity contribution in [2.24, 2.45) is 0 Å². The molecule has 0 bridgehead atoms. The van der Waals surface area contributed by atoms with E-state index in [1.54, 1.807) is 19.5 Å². The maximum absolute atomic E-state index is 5.32. The lowest BCUT2D eigenvalue weighted by Gasteiger charge is -2.19. The van der Waals surface area contributed by atoms with E-state index in [2.05, 4.69) is 29.1 Å². The molecule has 1 rings (SSSR count). The summed E-state index contributed by atoms with van der Waals surface area (Å²) in [5.41, 5.74) is 0.940. The van der Waals surface area contributed by atoms with Crippen molar-refractivity contribution in [1.29, 1.82) is 0 Å². The van der Waals surface area contributed by atoms with Crippen molar-refractivity contribution in [3.05, 3.63) is 18.1 Å². The van der Waals surface area contributed by atoms with Gasteiger partial charge in [-0.1, -0.05) is 39.5 Å². The van der Waals surface area contributed by atoms with Crippen LogP contribution in [0.1, 0.15) is 64.1 Å². The first-order valence-electron chi connectivity index (χ1n) is 7.41. The Kier molecular flexibility index (Phi) is 8.14. The third-order valence-corrected chi connectivity index (χ3v) is 3.20. The Morgan fingerprint density at radius 1 is 1.11 bits per heavy atom. The van der Waals surface area contributed by atoms with Crippen LogP contribution >= 0.6 is 0 Å². The minimum atomic E-state index is 0.250. The first kappa shape index (κ1) is 15.9. The lowest BCUT2D eigenvalue weighted by atomic mass is 10.0. The Hall–Kier alpha value is -1.16. The molecular weight excluding hydrogens is 238 g/mol. The Bertz CT molecular complexity index is 344. The summed E-state index contributed by atoms with van der Waals surface area (Å²) in [5.74, 6) is 0.645. The van der Waals surface area contributed by atoms with Gasteiger partial charge in [-0.3, -0.25) is 4.98 Å². The van der Waals surface area contributed by atoms with Crippen LogP contribution in [0, 0.1) is 0 Å². The summed E-state index contributed by atoms with van der Waals surface area (Å²) in [6, 6.07) is 0.250. The van der Waals surface area contributed by atoms with Crippen LogP contribution in [-0.4, -0.2) is 23.6 Å². The van der Waals surface area contributed by atoms with Gasteiger partial charge in [-0.15, -0.1) is 0 Å². The highest BCUT2D eigenvalue weighted by Crippen LogP contribution is 2.24. The number of methoxy groups -OCH3 is 1. The molecule has 4 nitrogen and oxygen atoms in total. The Labute approximate surface area is 117 Å². The second kappa shape index (κ2) is 9.73. The number of ether oxygens (including phenoxy) is 1. The number of hydrogen-bond acceptors (Lipinski definition) is 4. The van der Waals surface area contributed by atoms with Gasteiger partial charge in [0.2, 0.25) is 5.88 Å². The van der Waals surface area contributed by atoms with Gasteiger partial charge in [0.05, 0.1) is 13.2 Å². The minimum Gasteiger partial charge on any atom is -0.480 e. The van der Waals surface area contributed by atoms with E-state index in [1.165, 1.54) is 25.7 Å². The van der Waals surface area contributed by atoms with Gasteiger partial charge in [-0.05, 0) is 19.4 Å². The molecule has 4 heteroatoms. The van der Waals surface area contributed by atoms with E-state index in [9.17, 15) is 0 Å². The molecule has 0 radical (unpaired) electrons. The lowest BCUT2D eigenvalue weighted by Crippen LogP contribution is -2.24. The molecule has 0 aliphatic carbocycles. The highest BCUT2D eigenvalue weighted by atomic mass is 16.5. The van der Waals surface area contributed by atoms with Gasteiger partial charge in [0.1, 0.15) is 5.69 Å². The van der Waals surface area contributed by atoms with Gasteiger partial charge in [0, 0.05) is 12.4 Å². The Morgan fingerprint density at radius 2 is 1.89 bits per heavy atom. The van der Waals surface area contributed by atoms with E-state index < -0.39 is 0 Å². The molecule has 108 valence electrons. The summed E-state index contributed by atoms with van der Waals surface area (Å²) in [6.45, 7) is 5.41. The van der Waals surface area contributed by atoms with Crippen molar-refractivity contribution in [2.45, 2.75) is 58.4 Å². The predicted molar refractivity (Wildman–Crippen MR) is 78.4 cm³/mol. The summed E-state index contributed by atoms with van der Waals surface area (Å²) in [4.78, 5) is 8.70. The highest BCUT2D eigenvalue weighted by Gasteiger charge is 2.17. The van der Waals surface area contributed by atoms with Crippen LogP contribution in [0.4, 0.5) is 0 Å². The fourth-order valence-electron chi connectivity index (χ4n) is 2.16. The van der Waals surface area contributed by atoms with Crippen LogP contribution in [0.25, 0.3) is 0 Å². The second-order valence-corrected chi connectivity index (χ2v) is 4.81. The Balaban J connectivity index is 2.65. The second-order valence-electron chi connectivity index (χ2n) is 4.81. The molecule has 0 fully saturated rings. The summed E-state index contributed by atoms with van der Waals surface area (Å²) >= 11 is 0. The molecule has 1 N–H and O–H groups in total. The lowest BCUT2D eigenvalue weighted by molar-refractivity contribution is 0.370. The third kappa shape index (κ3) is 5.55. The Morgan fingerprint density at radius 3 is 2.58 bits per heavy atom. The van der Waals surface area contributed by atoms with Gasteiger partial charge < -0.3 is 10.1 Å². The molecule has 0 spiro atoms. The average molecular weight is 265 g/mol. The SMILES string of the molecule is CCCCCCC(NCCC)c1nccnc1OC. The van der Waals surface area contributed by atoms with E-state index in [1.807, 2.05) is 0 Å². The molecule has 0 aromatic carbocycles. The van der Waals surface area contributed by atoms with E-state index in [-0.39, 0.29) is 6.04 Å². The fraction of sp³-hybridized carbons (Fsp3) is 0.733. The predicted octanol–water partition coefficient (Wildman–Crippen LogP) is 3.50. The average Bonchev–Trinajstić information content (AvgIpc) is 2.46. The van der Waals surface area contributed by atoms with Crippen molar-refractivity contribution < 1.29 is 4.74 Å². The van der Waals surface area contributed by atoms with E-state index in [4.69, 9.17) is 4.74 Å². The molecular formula is C15H27N3O. The number of rotatable bonds is 10. The quantitative estimate of drug-likeness (QED) is 0.658. The van der Waals surface area contributed by atoms with Crippen molar-refractivity contribution in [3.63, 3.8) is 0 Å². The van der Waals surface area contributed by atoms with Gasteiger partial charge in [-0.25, -0.2) is 4.98 Å². The maximum Gasteiger partial charge on any atom is 0.236 e. The van der Waals surface area contributed by atoms with Gasteiger partial charge in [0.15, 0.2) is 0 Å². The minimum absolute atomic E-state index is 0.250. The third-order valence-electron chi connectivity index (χ3n) is 3.20. The van der Waals surface area contributed by atoms with Crippen LogP contribution in [0.15, 0.2) is 12.4 Å². The van der Waals surface area contributed by atoms with Crippen LogP contribution in [0.5, 0.6) is 5.88 Å². The topological polar surface area (TPSA) is 47.0 Å². The zero-order valence-corrected chi connectivity index (χ0v) is 12.5. The molecule has 0 saturated heterocycles. The molecule has 0 saturated carbocycles. The zero-order chi connectivity index (χ0) is 13.9. The molecule has 1 aromatic heterocycles. The molecule has 19 heavy (non-hydrogen) atoms. The van der Waals surface area contributed by atoms with E-state index in [0.717, 1.165) is 25.1 Å². The normalized spacial score (nSPS) is 12.4. The zero-order valence-electron chi connectivity index (χ0n) is 12.5. The van der Waals surface area contributed by atoms with Crippen LogP contribution in [0.3, 0.4) is 0 Å². The summed E-state index contributed by atoms with van der Waals surface area (Å²) < 4.78 is 5.32.